The molecular formula is C15H13NO2S. The number of hydrogen-bond donors (Lipinski definition) is 1. The van der Waals surface area contributed by atoms with Gasteiger partial charge in [-0.25, -0.2) is 8.42 Å². The minimum Gasteiger partial charge on any atom is -0.345 e. The van der Waals surface area contributed by atoms with E-state index in [2.05, 4.69) is 4.98 Å². The van der Waals surface area contributed by atoms with Crippen LogP contribution in [0.5, 0.6) is 0 Å². The summed E-state index contributed by atoms with van der Waals surface area (Å²) in [4.78, 5) is 3.32. The fourth-order valence-corrected chi connectivity index (χ4v) is 3.44. The van der Waals surface area contributed by atoms with Crippen molar-refractivity contribution in [2.45, 2.75) is 16.8 Å². The maximum atomic E-state index is 12.5. The lowest BCUT2D eigenvalue weighted by Crippen LogP contribution is -2.01. The lowest BCUT2D eigenvalue weighted by atomic mass is 10.2. The second-order valence-electron chi connectivity index (χ2n) is 4.49. The smallest absolute Gasteiger partial charge is 0.221 e. The number of rotatable bonds is 2. The predicted octanol–water partition coefficient (Wildman–Crippen LogP) is 3.31. The normalized spacial score (nSPS) is 11.8. The van der Waals surface area contributed by atoms with Crippen LogP contribution in [0.15, 0.2) is 64.5 Å². The topological polar surface area (TPSA) is 49.9 Å². The van der Waals surface area contributed by atoms with Crippen LogP contribution < -0.4 is 0 Å². The van der Waals surface area contributed by atoms with Gasteiger partial charge in [0.2, 0.25) is 9.84 Å². The van der Waals surface area contributed by atoms with Gasteiger partial charge in [-0.3, -0.25) is 0 Å². The van der Waals surface area contributed by atoms with Crippen molar-refractivity contribution in [2.75, 3.05) is 0 Å². The van der Waals surface area contributed by atoms with E-state index < -0.39 is 9.84 Å². The molecule has 0 aliphatic carbocycles. The number of para-hydroxylation sites is 1. The van der Waals surface area contributed by atoms with Gasteiger partial charge in [-0.2, -0.15) is 0 Å². The Morgan fingerprint density at radius 2 is 1.68 bits per heavy atom. The van der Waals surface area contributed by atoms with Crippen LogP contribution in [0.4, 0.5) is 0 Å². The predicted molar refractivity (Wildman–Crippen MR) is 74.9 cm³/mol. The first kappa shape index (κ1) is 12.0. The van der Waals surface area contributed by atoms with E-state index in [1.165, 1.54) is 0 Å². The van der Waals surface area contributed by atoms with E-state index in [0.29, 0.717) is 4.90 Å². The molecule has 0 radical (unpaired) electrons. The van der Waals surface area contributed by atoms with Crippen LogP contribution in [0.25, 0.3) is 10.9 Å². The molecule has 19 heavy (non-hydrogen) atoms. The Balaban J connectivity index is 2.22. The monoisotopic (exact) mass is 271 g/mol. The van der Waals surface area contributed by atoms with E-state index in [4.69, 9.17) is 0 Å². The first-order valence-electron chi connectivity index (χ1n) is 5.97. The van der Waals surface area contributed by atoms with E-state index in [9.17, 15) is 8.42 Å². The Labute approximate surface area is 111 Å². The first-order valence-corrected chi connectivity index (χ1v) is 7.46. The molecule has 2 aromatic carbocycles. The maximum absolute atomic E-state index is 12.5. The molecule has 0 saturated heterocycles. The highest BCUT2D eigenvalue weighted by molar-refractivity contribution is 7.91. The Morgan fingerprint density at radius 3 is 2.37 bits per heavy atom. The summed E-state index contributed by atoms with van der Waals surface area (Å²) >= 11 is 0. The fraction of sp³-hybridized carbons (Fsp3) is 0.0667. The Morgan fingerprint density at radius 1 is 0.947 bits per heavy atom. The van der Waals surface area contributed by atoms with Gasteiger partial charge in [0, 0.05) is 10.9 Å². The number of aromatic nitrogens is 1. The van der Waals surface area contributed by atoms with Gasteiger partial charge in [0.15, 0.2) is 0 Å². The van der Waals surface area contributed by atoms with Gasteiger partial charge in [0.05, 0.1) is 4.90 Å². The molecule has 0 unspecified atom stereocenters. The Bertz CT molecular complexity index is 833. The third kappa shape index (κ3) is 1.94. The fourth-order valence-electron chi connectivity index (χ4n) is 2.15. The average Bonchev–Trinajstić information content (AvgIpc) is 2.86. The summed E-state index contributed by atoms with van der Waals surface area (Å²) in [5.41, 5.74) is 1.91. The second kappa shape index (κ2) is 4.24. The van der Waals surface area contributed by atoms with E-state index in [1.807, 2.05) is 25.1 Å². The summed E-state index contributed by atoms with van der Waals surface area (Å²) < 4.78 is 25.0. The molecule has 3 nitrogen and oxygen atoms in total. The van der Waals surface area contributed by atoms with Gasteiger partial charge in [-0.05, 0) is 30.7 Å². The minimum absolute atomic E-state index is 0.239. The number of aromatic amines is 1. The molecule has 1 N–H and O–H groups in total. The third-order valence-electron chi connectivity index (χ3n) is 3.18. The average molecular weight is 271 g/mol. The van der Waals surface area contributed by atoms with Crippen LogP contribution >= 0.6 is 0 Å². The van der Waals surface area contributed by atoms with Crippen molar-refractivity contribution in [1.29, 1.82) is 0 Å². The van der Waals surface area contributed by atoms with Crippen molar-refractivity contribution in [2.24, 2.45) is 0 Å². The minimum atomic E-state index is -3.47. The standard InChI is InChI=1S/C15H13NO2S/c1-11-6-5-7-12-10-14(16-15(11)12)19(17,18)13-8-3-2-4-9-13/h2-10,16H,1H3. The summed E-state index contributed by atoms with van der Waals surface area (Å²) in [6.45, 7) is 1.96. The highest BCUT2D eigenvalue weighted by Crippen LogP contribution is 2.25. The molecule has 1 aromatic heterocycles. The quantitative estimate of drug-likeness (QED) is 0.777. The molecule has 0 aliphatic heterocycles. The molecule has 0 amide bonds. The van der Waals surface area contributed by atoms with Crippen LogP contribution in [-0.4, -0.2) is 13.4 Å². The highest BCUT2D eigenvalue weighted by Gasteiger charge is 2.19. The largest absolute Gasteiger partial charge is 0.345 e. The number of nitrogens with one attached hydrogen (secondary N) is 1. The molecule has 0 atom stereocenters. The van der Waals surface area contributed by atoms with Crippen molar-refractivity contribution in [1.82, 2.24) is 4.98 Å². The maximum Gasteiger partial charge on any atom is 0.221 e. The first-order chi connectivity index (χ1) is 9.09. The van der Waals surface area contributed by atoms with E-state index >= 15 is 0 Å². The molecule has 4 heteroatoms. The molecule has 0 fully saturated rings. The molecule has 0 spiro atoms. The van der Waals surface area contributed by atoms with E-state index in [-0.39, 0.29) is 5.03 Å². The van der Waals surface area contributed by atoms with Gasteiger partial charge in [0.1, 0.15) is 5.03 Å². The third-order valence-corrected chi connectivity index (χ3v) is 4.87. The van der Waals surface area contributed by atoms with Crippen LogP contribution in [0.2, 0.25) is 0 Å². The zero-order valence-electron chi connectivity index (χ0n) is 10.4. The van der Waals surface area contributed by atoms with Crippen molar-refractivity contribution in [3.63, 3.8) is 0 Å². The highest BCUT2D eigenvalue weighted by atomic mass is 32.2. The van der Waals surface area contributed by atoms with Gasteiger partial charge in [0.25, 0.3) is 0 Å². The zero-order valence-corrected chi connectivity index (χ0v) is 11.2. The second-order valence-corrected chi connectivity index (χ2v) is 6.41. The number of benzene rings is 2. The summed E-state index contributed by atoms with van der Waals surface area (Å²) in [7, 11) is -3.47. The molecule has 3 aromatic rings. The summed E-state index contributed by atoms with van der Waals surface area (Å²) in [6, 6.07) is 15.9. The van der Waals surface area contributed by atoms with Gasteiger partial charge < -0.3 is 4.98 Å². The van der Waals surface area contributed by atoms with Crippen molar-refractivity contribution in [3.05, 3.63) is 60.2 Å². The van der Waals surface area contributed by atoms with E-state index in [0.717, 1.165) is 16.5 Å². The zero-order chi connectivity index (χ0) is 13.5. The number of aryl methyl sites for hydroxylation is 1. The van der Waals surface area contributed by atoms with Crippen molar-refractivity contribution >= 4 is 20.7 Å². The molecule has 96 valence electrons. The molecule has 0 bridgehead atoms. The van der Waals surface area contributed by atoms with Crippen molar-refractivity contribution in [3.8, 4) is 0 Å². The van der Waals surface area contributed by atoms with Crippen LogP contribution in [0.1, 0.15) is 5.56 Å². The number of H-pyrrole nitrogens is 1. The van der Waals surface area contributed by atoms with Gasteiger partial charge in [-0.15, -0.1) is 0 Å². The summed E-state index contributed by atoms with van der Waals surface area (Å²) in [5, 5.41) is 1.15. The lowest BCUT2D eigenvalue weighted by Gasteiger charge is -2.01. The number of fused-ring (bicyclic) bond motifs is 1. The van der Waals surface area contributed by atoms with E-state index in [1.54, 1.807) is 36.4 Å². The summed E-state index contributed by atoms with van der Waals surface area (Å²) in [5.74, 6) is 0. The van der Waals surface area contributed by atoms with Crippen LogP contribution in [0, 0.1) is 6.92 Å². The van der Waals surface area contributed by atoms with Crippen molar-refractivity contribution < 1.29 is 8.42 Å². The molecule has 3 rings (SSSR count). The molecule has 1 heterocycles. The van der Waals surface area contributed by atoms with Gasteiger partial charge >= 0.3 is 0 Å². The lowest BCUT2D eigenvalue weighted by molar-refractivity contribution is 0.593. The molecule has 0 saturated carbocycles. The molecule has 0 aliphatic rings. The molecular weight excluding hydrogens is 258 g/mol. The number of hydrogen-bond acceptors (Lipinski definition) is 2. The number of sulfone groups is 1. The SMILES string of the molecule is Cc1cccc2cc(S(=O)(=O)c3ccccc3)[nH]c12. The van der Waals surface area contributed by atoms with Crippen LogP contribution in [0.3, 0.4) is 0 Å². The Kier molecular flexibility index (Phi) is 2.68. The van der Waals surface area contributed by atoms with Crippen LogP contribution in [-0.2, 0) is 9.84 Å². The summed E-state index contributed by atoms with van der Waals surface area (Å²) in [6.07, 6.45) is 0. The van der Waals surface area contributed by atoms with Gasteiger partial charge in [-0.1, -0.05) is 36.4 Å². The Hall–Kier alpha value is -2.07.